The number of nitrogens with one attached hydrogen (secondary N) is 7. The molecule has 1 saturated heterocycles. The van der Waals surface area contributed by atoms with E-state index in [9.17, 15) is 19.2 Å². The Morgan fingerprint density at radius 2 is 1.03 bits per heavy atom. The fourth-order valence-electron chi connectivity index (χ4n) is 12.1. The van der Waals surface area contributed by atoms with Crippen molar-refractivity contribution in [2.75, 3.05) is 37.9 Å². The molecule has 3 aromatic heterocycles. The highest BCUT2D eigenvalue weighted by Crippen LogP contribution is 2.26. The first-order valence-corrected chi connectivity index (χ1v) is 33.2. The fourth-order valence-corrected chi connectivity index (χ4v) is 13.0. The van der Waals surface area contributed by atoms with E-state index in [1.54, 1.807) is 66.7 Å². The summed E-state index contributed by atoms with van der Waals surface area (Å²) < 4.78 is 3.77. The van der Waals surface area contributed by atoms with Crippen LogP contribution in [-0.4, -0.2) is 164 Å². The fraction of sp³-hybridized carbons (Fsp3) is 0.386. The second kappa shape index (κ2) is 33.7. The number of primary amides is 2. The zero-order valence-corrected chi connectivity index (χ0v) is 55.7. The van der Waals surface area contributed by atoms with Gasteiger partial charge in [0.1, 0.15) is 54.2 Å². The smallest absolute Gasteiger partial charge is 0.312 e. The zero-order chi connectivity index (χ0) is 69.2. The Morgan fingerprint density at radius 3 is 1.61 bits per heavy atom. The van der Waals surface area contributed by atoms with Crippen molar-refractivity contribution in [3.05, 3.63) is 168 Å². The van der Waals surface area contributed by atoms with Crippen LogP contribution < -0.4 is 54.4 Å². The van der Waals surface area contributed by atoms with Gasteiger partial charge in [-0.25, -0.2) is 9.78 Å². The van der Waals surface area contributed by atoms with Gasteiger partial charge in [-0.15, -0.1) is 11.8 Å². The Bertz CT molecular complexity index is 3920. The number of nitrogen functional groups attached to an aromatic ring is 1. The van der Waals surface area contributed by atoms with Crippen LogP contribution in [0.1, 0.15) is 67.3 Å². The van der Waals surface area contributed by atoms with Crippen LogP contribution in [0, 0.1) is 5.92 Å². The molecule has 4 heterocycles. The standard InChI is InChI=1S/C70H87N15O10S/c1-42(2)31-53-68(93)84(5)58(27-17-18-29-75-70(73)95)66(91)80-54(37-47-39-83(4)57-26-16-14-24-49(47)57)69(94)85(6)59(34-44-21-11-8-12-22-44)67(92)78-52(36-46-38-82(3)56-25-15-13-23-48(46)56)65(90)81-55(62(72)87)40-96-41-61(86)76-50(32-43-19-9-7-10-20-43)63(88)77-51(64(89)79-53)33-45-28-30-74-60(71)35-45/h7-16,19-26,28,30,35,38-39,42,50-55,58-59H,17-18,27,29,31-34,36-37,40-41H2,1-6H3,(H2,71,74)(H2,72,87)(H,76,86)(H,77,88)(H,78,92)(H,79,89)(H,80,91)(H,81,90)(H3,73,75,95)/t50-,51-,52-,53-,54-,55-,58-,59-/m0/s1. The number of benzene rings is 4. The molecule has 0 spiro atoms. The number of pyridine rings is 1. The number of anilines is 1. The van der Waals surface area contributed by atoms with E-state index in [2.05, 4.69) is 42.2 Å². The van der Waals surface area contributed by atoms with Gasteiger partial charge in [-0.05, 0) is 83.7 Å². The first-order chi connectivity index (χ1) is 45.9. The van der Waals surface area contributed by atoms with Crippen LogP contribution in [0.4, 0.5) is 10.6 Å². The van der Waals surface area contributed by atoms with Gasteiger partial charge in [0.25, 0.3) is 0 Å². The van der Waals surface area contributed by atoms with Gasteiger partial charge in [-0.3, -0.25) is 43.2 Å². The number of para-hydroxylation sites is 2. The highest BCUT2D eigenvalue weighted by Gasteiger charge is 2.40. The number of aromatic nitrogens is 3. The van der Waals surface area contributed by atoms with Gasteiger partial charge in [-0.1, -0.05) is 111 Å². The molecule has 1 fully saturated rings. The van der Waals surface area contributed by atoms with Crippen molar-refractivity contribution in [2.45, 2.75) is 120 Å². The van der Waals surface area contributed by atoms with Crippen molar-refractivity contribution in [3.63, 3.8) is 0 Å². The maximum absolute atomic E-state index is 15.9. The van der Waals surface area contributed by atoms with E-state index in [-0.39, 0.29) is 81.2 Å². The summed E-state index contributed by atoms with van der Waals surface area (Å²) in [5, 5.41) is 21.3. The SMILES string of the molecule is CC(C)C[C@@H]1NC(=O)[C@H](Cc2ccnc(N)c2)NC(=O)[C@H](Cc2ccccc2)NC(=O)CSC[C@@H](C(N)=O)NC(=O)[C@H](Cc2cn(C)c3ccccc23)NC(=O)[C@H](Cc2ccccc2)N(C)C(=O)[C@H](Cc2cn(C)c3ccccc23)NC(=O)[C@H](CCCCNC(N)=O)N(C)C1=O. The van der Waals surface area contributed by atoms with Gasteiger partial charge in [-0.2, -0.15) is 0 Å². The summed E-state index contributed by atoms with van der Waals surface area (Å²) in [5.41, 5.74) is 22.3. The number of unbranched alkanes of at least 4 members (excludes halogenated alkanes) is 1. The Labute approximate surface area is 562 Å². The largest absolute Gasteiger partial charge is 0.384 e. The third kappa shape index (κ3) is 19.4. The summed E-state index contributed by atoms with van der Waals surface area (Å²) in [6.07, 6.45) is 5.20. The molecule has 26 heteroatoms. The molecule has 1 aliphatic rings. The summed E-state index contributed by atoms with van der Waals surface area (Å²) in [6, 6.07) is 24.2. The monoisotopic (exact) mass is 1330 g/mol. The van der Waals surface area contributed by atoms with Gasteiger partial charge >= 0.3 is 6.03 Å². The molecule has 11 amide bonds. The van der Waals surface area contributed by atoms with Crippen LogP contribution in [0.5, 0.6) is 0 Å². The first kappa shape index (κ1) is 71.6. The van der Waals surface area contributed by atoms with Crippen LogP contribution in [0.2, 0.25) is 0 Å². The normalized spacial score (nSPS) is 21.2. The lowest BCUT2D eigenvalue weighted by atomic mass is 9.98. The molecule has 0 aliphatic carbocycles. The average Bonchev–Trinajstić information content (AvgIpc) is 1.50. The minimum atomic E-state index is -1.43. The summed E-state index contributed by atoms with van der Waals surface area (Å²) in [6.45, 7) is 3.83. The summed E-state index contributed by atoms with van der Waals surface area (Å²) in [7, 11) is 6.55. The van der Waals surface area contributed by atoms with Crippen molar-refractivity contribution >= 4 is 98.6 Å². The van der Waals surface area contributed by atoms with Gasteiger partial charge < -0.3 is 73.4 Å². The summed E-state index contributed by atoms with van der Waals surface area (Å²) in [5.74, 6) is -7.59. The third-order valence-corrected chi connectivity index (χ3v) is 18.2. The van der Waals surface area contributed by atoms with Gasteiger partial charge in [0.05, 0.1) is 5.75 Å². The van der Waals surface area contributed by atoms with Crippen LogP contribution in [0.25, 0.3) is 21.8 Å². The van der Waals surface area contributed by atoms with Crippen LogP contribution in [0.15, 0.2) is 140 Å². The number of nitrogens with two attached hydrogens (primary N) is 3. The minimum Gasteiger partial charge on any atom is -0.384 e. The van der Waals surface area contributed by atoms with Crippen LogP contribution >= 0.6 is 11.8 Å². The van der Waals surface area contributed by atoms with Crippen molar-refractivity contribution in [3.8, 4) is 0 Å². The topological polar surface area (TPSA) is 362 Å². The summed E-state index contributed by atoms with van der Waals surface area (Å²) in [4.78, 5) is 153. The van der Waals surface area contributed by atoms with Crippen LogP contribution in [0.3, 0.4) is 0 Å². The lowest BCUT2D eigenvalue weighted by molar-refractivity contribution is -0.145. The molecule has 508 valence electrons. The Kier molecular flexibility index (Phi) is 25.2. The number of hydrogen-bond donors (Lipinski definition) is 10. The number of rotatable bonds is 18. The maximum Gasteiger partial charge on any atom is 0.312 e. The first-order valence-electron chi connectivity index (χ1n) is 32.0. The van der Waals surface area contributed by atoms with Crippen molar-refractivity contribution in [1.29, 1.82) is 0 Å². The van der Waals surface area contributed by atoms with E-state index in [1.165, 1.54) is 36.2 Å². The zero-order valence-electron chi connectivity index (χ0n) is 54.9. The Morgan fingerprint density at radius 1 is 0.552 bits per heavy atom. The number of likely N-dealkylation sites (N-methyl/N-ethyl adjacent to an activating group) is 2. The molecule has 96 heavy (non-hydrogen) atoms. The number of nitrogens with zero attached hydrogens (tertiary/aromatic N) is 5. The van der Waals surface area contributed by atoms with E-state index in [0.717, 1.165) is 33.6 Å². The van der Waals surface area contributed by atoms with E-state index in [4.69, 9.17) is 17.2 Å². The molecule has 1 aliphatic heterocycles. The van der Waals surface area contributed by atoms with E-state index in [1.807, 2.05) is 98.0 Å². The van der Waals surface area contributed by atoms with Crippen molar-refractivity contribution < 1.29 is 47.9 Å². The molecule has 0 unspecified atom stereocenters. The van der Waals surface area contributed by atoms with Crippen molar-refractivity contribution in [2.24, 2.45) is 31.5 Å². The minimum absolute atomic E-state index is 0.0210. The number of carbonyl (C=O) groups excluding carboxylic acids is 10. The molecule has 13 N–H and O–H groups in total. The van der Waals surface area contributed by atoms with Gasteiger partial charge in [0.15, 0.2) is 0 Å². The quantitative estimate of drug-likeness (QED) is 0.0554. The predicted molar refractivity (Wildman–Crippen MR) is 368 cm³/mol. The van der Waals surface area contributed by atoms with Crippen molar-refractivity contribution in [1.82, 2.24) is 61.1 Å². The Balaban J connectivity index is 1.25. The molecule has 8 atom stereocenters. The molecule has 25 nitrogen and oxygen atoms in total. The molecule has 0 radical (unpaired) electrons. The molecular weight excluding hydrogens is 1240 g/mol. The highest BCUT2D eigenvalue weighted by molar-refractivity contribution is 8.00. The number of thioether (sulfide) groups is 1. The van der Waals surface area contributed by atoms with E-state index < -0.39 is 108 Å². The average molecular weight is 1330 g/mol. The second-order valence-corrected chi connectivity index (χ2v) is 25.9. The molecule has 7 aromatic rings. The van der Waals surface area contributed by atoms with E-state index >= 15 is 28.8 Å². The molecular formula is C70H87N15O10S. The molecule has 0 bridgehead atoms. The number of urea groups is 1. The molecule has 0 saturated carbocycles. The maximum atomic E-state index is 15.9. The number of amides is 11. The second-order valence-electron chi connectivity index (χ2n) is 24.8. The molecule has 8 rings (SSSR count). The van der Waals surface area contributed by atoms with E-state index in [0.29, 0.717) is 34.2 Å². The van der Waals surface area contributed by atoms with Gasteiger partial charge in [0.2, 0.25) is 53.2 Å². The number of hydrogen-bond acceptors (Lipinski definition) is 13. The highest BCUT2D eigenvalue weighted by atomic mass is 32.2. The Hall–Kier alpha value is -10.2. The lowest BCUT2D eigenvalue weighted by Crippen LogP contribution is -2.61. The summed E-state index contributed by atoms with van der Waals surface area (Å²) >= 11 is 0.943. The van der Waals surface area contributed by atoms with Gasteiger partial charge in [0, 0.05) is 113 Å². The number of carbonyl (C=O) groups is 10. The number of aryl methyl sites for hydroxylation is 2. The lowest BCUT2D eigenvalue weighted by Gasteiger charge is -2.35. The third-order valence-electron chi connectivity index (χ3n) is 17.1. The van der Waals surface area contributed by atoms with Crippen LogP contribution in [-0.2, 0) is 89.4 Å². The number of fused-ring (bicyclic) bond motifs is 2. The molecule has 4 aromatic carbocycles. The predicted octanol–water partition coefficient (Wildman–Crippen LogP) is 2.84.